The Morgan fingerprint density at radius 3 is 2.59 bits per heavy atom. The normalized spacial score (nSPS) is 26.6. The molecule has 6 heteroatoms. The van der Waals surface area contributed by atoms with Gasteiger partial charge in [-0.25, -0.2) is 0 Å². The molecule has 0 bridgehead atoms. The smallest absolute Gasteiger partial charge is 0.255 e. The number of ether oxygens (including phenoxy) is 1. The number of nitrogens with zero attached hydrogens (tertiary/aromatic N) is 2. The Morgan fingerprint density at radius 1 is 1.50 bits per heavy atom. The van der Waals surface area contributed by atoms with E-state index in [0.717, 1.165) is 5.69 Å². The molecule has 1 aliphatic carbocycles. The van der Waals surface area contributed by atoms with Gasteiger partial charge in [0, 0.05) is 37.7 Å². The summed E-state index contributed by atoms with van der Waals surface area (Å²) in [6, 6.07) is 0. The zero-order valence-corrected chi connectivity index (χ0v) is 14.4. The summed E-state index contributed by atoms with van der Waals surface area (Å²) < 4.78 is 7.33. The number of rotatable bonds is 5. The second-order valence-electron chi connectivity index (χ2n) is 6.75. The summed E-state index contributed by atoms with van der Waals surface area (Å²) in [5, 5.41) is 17.9. The van der Waals surface area contributed by atoms with Gasteiger partial charge in [-0.3, -0.25) is 9.48 Å². The lowest BCUT2D eigenvalue weighted by Crippen LogP contribution is -2.68. The number of carbonyl (C=O) groups is 1. The predicted molar refractivity (Wildman–Crippen MR) is 83.8 cm³/mol. The summed E-state index contributed by atoms with van der Waals surface area (Å²) in [6.45, 7) is 10.4. The molecule has 2 N–H and O–H groups in total. The number of aromatic nitrogens is 2. The number of carbonyl (C=O) groups excluding carboxylic acids is 1. The average Bonchev–Trinajstić information content (AvgIpc) is 2.69. The molecule has 1 heterocycles. The van der Waals surface area contributed by atoms with Crippen LogP contribution in [0.25, 0.3) is 0 Å². The lowest BCUT2D eigenvalue weighted by atomic mass is 9.56. The third kappa shape index (κ3) is 2.54. The molecule has 6 nitrogen and oxygen atoms in total. The number of hydrogen-bond donors (Lipinski definition) is 2. The van der Waals surface area contributed by atoms with Crippen molar-refractivity contribution in [1.82, 2.24) is 15.1 Å². The minimum atomic E-state index is -0.938. The van der Waals surface area contributed by atoms with E-state index in [4.69, 9.17) is 4.74 Å². The quantitative estimate of drug-likeness (QED) is 0.860. The van der Waals surface area contributed by atoms with Gasteiger partial charge in [0.2, 0.25) is 0 Å². The van der Waals surface area contributed by atoms with Gasteiger partial charge < -0.3 is 15.2 Å². The van der Waals surface area contributed by atoms with Crippen molar-refractivity contribution in [3.8, 4) is 0 Å². The Hall–Kier alpha value is -1.40. The molecule has 1 aromatic rings. The highest BCUT2D eigenvalue weighted by atomic mass is 16.5. The molecule has 0 aromatic carbocycles. The molecule has 1 aromatic heterocycles. The molecule has 0 radical (unpaired) electrons. The van der Waals surface area contributed by atoms with Crippen LogP contribution in [0.2, 0.25) is 0 Å². The van der Waals surface area contributed by atoms with Crippen LogP contribution in [0.5, 0.6) is 0 Å². The molecule has 0 saturated heterocycles. The number of nitrogens with one attached hydrogen (secondary N) is 1. The minimum Gasteiger partial charge on any atom is -0.387 e. The predicted octanol–water partition coefficient (Wildman–Crippen LogP) is 1.33. The van der Waals surface area contributed by atoms with Crippen LogP contribution in [0.4, 0.5) is 0 Å². The molecule has 1 aliphatic rings. The van der Waals surface area contributed by atoms with E-state index < -0.39 is 5.60 Å². The maximum Gasteiger partial charge on any atom is 0.255 e. The Balaban J connectivity index is 2.03. The minimum absolute atomic E-state index is 0.0290. The number of amides is 1. The Morgan fingerprint density at radius 2 is 2.14 bits per heavy atom. The highest BCUT2D eigenvalue weighted by Crippen LogP contribution is 2.50. The zero-order valence-electron chi connectivity index (χ0n) is 14.4. The van der Waals surface area contributed by atoms with Gasteiger partial charge in [0.1, 0.15) is 0 Å². The monoisotopic (exact) mass is 309 g/mol. The van der Waals surface area contributed by atoms with Crippen molar-refractivity contribution in [3.63, 3.8) is 0 Å². The average molecular weight is 309 g/mol. The van der Waals surface area contributed by atoms with E-state index in [9.17, 15) is 9.90 Å². The molecule has 0 spiro atoms. The van der Waals surface area contributed by atoms with Crippen molar-refractivity contribution in [2.45, 2.75) is 52.7 Å². The first-order chi connectivity index (χ1) is 10.1. The van der Waals surface area contributed by atoms with E-state index in [-0.39, 0.29) is 24.0 Å². The first-order valence-electron chi connectivity index (χ1n) is 7.76. The molecular formula is C16H27N3O3. The molecule has 1 fully saturated rings. The van der Waals surface area contributed by atoms with Crippen molar-refractivity contribution in [3.05, 3.63) is 17.0 Å². The second kappa shape index (κ2) is 5.66. The van der Waals surface area contributed by atoms with E-state index >= 15 is 0 Å². The van der Waals surface area contributed by atoms with Crippen LogP contribution in [0.3, 0.4) is 0 Å². The van der Waals surface area contributed by atoms with Gasteiger partial charge in [-0.05, 0) is 20.8 Å². The van der Waals surface area contributed by atoms with Crippen LogP contribution < -0.4 is 5.32 Å². The van der Waals surface area contributed by atoms with E-state index in [1.807, 2.05) is 41.7 Å². The molecule has 2 atom stereocenters. The van der Waals surface area contributed by atoms with Gasteiger partial charge >= 0.3 is 0 Å². The van der Waals surface area contributed by atoms with Crippen molar-refractivity contribution in [2.75, 3.05) is 13.2 Å². The molecule has 2 rings (SSSR count). The fraction of sp³-hybridized carbons (Fsp3) is 0.750. The summed E-state index contributed by atoms with van der Waals surface area (Å²) in [5.41, 5.74) is 0.790. The number of aliphatic hydroxyl groups is 1. The molecule has 0 aliphatic heterocycles. The van der Waals surface area contributed by atoms with Crippen molar-refractivity contribution >= 4 is 5.91 Å². The van der Waals surface area contributed by atoms with Crippen LogP contribution in [0.15, 0.2) is 0 Å². The van der Waals surface area contributed by atoms with Gasteiger partial charge in [-0.15, -0.1) is 0 Å². The van der Waals surface area contributed by atoms with Gasteiger partial charge in [-0.1, -0.05) is 13.8 Å². The highest BCUT2D eigenvalue weighted by Gasteiger charge is 2.59. The number of aryl methyl sites for hydroxylation is 2. The fourth-order valence-electron chi connectivity index (χ4n) is 3.18. The maximum absolute atomic E-state index is 12.4. The van der Waals surface area contributed by atoms with Gasteiger partial charge in [0.05, 0.1) is 23.0 Å². The highest BCUT2D eigenvalue weighted by molar-refractivity contribution is 5.96. The SMILES string of the molecule is CCO[C@H]1C[C@@](O)(CNC(=O)c2c(C)nn(C)c2C)C1(C)C. The van der Waals surface area contributed by atoms with Crippen molar-refractivity contribution in [1.29, 1.82) is 0 Å². The Bertz CT molecular complexity index is 579. The molecular weight excluding hydrogens is 282 g/mol. The van der Waals surface area contributed by atoms with Crippen LogP contribution in [0, 0.1) is 19.3 Å². The largest absolute Gasteiger partial charge is 0.387 e. The van der Waals surface area contributed by atoms with E-state index in [2.05, 4.69) is 10.4 Å². The van der Waals surface area contributed by atoms with Gasteiger partial charge in [0.15, 0.2) is 0 Å². The summed E-state index contributed by atoms with van der Waals surface area (Å²) in [7, 11) is 1.81. The van der Waals surface area contributed by atoms with Crippen LogP contribution in [-0.4, -0.2) is 45.7 Å². The van der Waals surface area contributed by atoms with Crippen LogP contribution in [0.1, 0.15) is 48.9 Å². The first kappa shape index (κ1) is 17.0. The van der Waals surface area contributed by atoms with E-state index in [1.165, 1.54) is 0 Å². The standard InChI is InChI=1S/C16H27N3O3/c1-7-22-12-8-16(21,15(12,4)5)9-17-14(20)13-10(2)18-19(6)11(13)3/h12,21H,7-9H2,1-6H3,(H,17,20)/t12-,16+/m0/s1. The molecule has 0 unspecified atom stereocenters. The lowest BCUT2D eigenvalue weighted by Gasteiger charge is -2.57. The topological polar surface area (TPSA) is 76.4 Å². The lowest BCUT2D eigenvalue weighted by molar-refractivity contribution is -0.237. The second-order valence-corrected chi connectivity index (χ2v) is 6.75. The van der Waals surface area contributed by atoms with E-state index in [1.54, 1.807) is 4.68 Å². The summed E-state index contributed by atoms with van der Waals surface area (Å²) >= 11 is 0. The van der Waals surface area contributed by atoms with Crippen molar-refractivity contribution in [2.24, 2.45) is 12.5 Å². The number of hydrogen-bond acceptors (Lipinski definition) is 4. The molecule has 124 valence electrons. The first-order valence-corrected chi connectivity index (χ1v) is 7.76. The summed E-state index contributed by atoms with van der Waals surface area (Å²) in [6.07, 6.45) is 0.570. The third-order valence-corrected chi connectivity index (χ3v) is 5.17. The fourth-order valence-corrected chi connectivity index (χ4v) is 3.18. The van der Waals surface area contributed by atoms with E-state index in [0.29, 0.717) is 24.3 Å². The zero-order chi connectivity index (χ0) is 16.7. The summed E-state index contributed by atoms with van der Waals surface area (Å²) in [5.74, 6) is -0.188. The van der Waals surface area contributed by atoms with Crippen molar-refractivity contribution < 1.29 is 14.6 Å². The van der Waals surface area contributed by atoms with Crippen LogP contribution >= 0.6 is 0 Å². The Kier molecular flexibility index (Phi) is 4.37. The Labute approximate surface area is 131 Å². The molecule has 1 saturated carbocycles. The van der Waals surface area contributed by atoms with Gasteiger partial charge in [0.25, 0.3) is 5.91 Å². The van der Waals surface area contributed by atoms with Crippen LogP contribution in [-0.2, 0) is 11.8 Å². The maximum atomic E-state index is 12.4. The molecule has 22 heavy (non-hydrogen) atoms. The van der Waals surface area contributed by atoms with Gasteiger partial charge in [-0.2, -0.15) is 5.10 Å². The molecule has 1 amide bonds. The summed E-state index contributed by atoms with van der Waals surface area (Å²) in [4.78, 5) is 12.4. The third-order valence-electron chi connectivity index (χ3n) is 5.17.